The van der Waals surface area contributed by atoms with Crippen LogP contribution in [0.4, 0.5) is 13.2 Å². The average Bonchev–Trinajstić information content (AvgIpc) is 3.11. The first-order chi connectivity index (χ1) is 10.9. The van der Waals surface area contributed by atoms with E-state index < -0.39 is 12.0 Å². The Hall–Kier alpha value is -1.51. The molecule has 2 aromatic rings. The Morgan fingerprint density at radius 2 is 2.09 bits per heavy atom. The molecule has 0 bridgehead atoms. The van der Waals surface area contributed by atoms with Crippen molar-refractivity contribution in [2.75, 3.05) is 5.75 Å². The number of hydrogen-bond acceptors (Lipinski definition) is 5. The van der Waals surface area contributed by atoms with Crippen molar-refractivity contribution in [3.8, 4) is 11.6 Å². The summed E-state index contributed by atoms with van der Waals surface area (Å²) < 4.78 is 46.0. The van der Waals surface area contributed by atoms with E-state index in [1.807, 2.05) is 13.8 Å². The summed E-state index contributed by atoms with van der Waals surface area (Å²) in [5.41, 5.74) is 0.707. The predicted octanol–water partition coefficient (Wildman–Crippen LogP) is 4.10. The molecule has 1 unspecified atom stereocenters. The molecule has 0 aromatic carbocycles. The molecule has 1 atom stereocenters. The maximum atomic E-state index is 13.2. The van der Waals surface area contributed by atoms with Crippen molar-refractivity contribution in [1.29, 1.82) is 0 Å². The second-order valence-electron chi connectivity index (χ2n) is 5.39. The van der Waals surface area contributed by atoms with Gasteiger partial charge in [-0.3, -0.25) is 0 Å². The van der Waals surface area contributed by atoms with E-state index in [0.717, 1.165) is 12.2 Å². The Morgan fingerprint density at radius 3 is 2.78 bits per heavy atom. The molecule has 0 spiro atoms. The monoisotopic (exact) mass is 346 g/mol. The highest BCUT2D eigenvalue weighted by molar-refractivity contribution is 7.99. The lowest BCUT2D eigenvalue weighted by atomic mass is 10.1. The zero-order valence-electron chi connectivity index (χ0n) is 12.9. The summed E-state index contributed by atoms with van der Waals surface area (Å²) in [4.78, 5) is 8.05. The Morgan fingerprint density at radius 1 is 1.30 bits per heavy atom. The van der Waals surface area contributed by atoms with Crippen LogP contribution in [0.1, 0.15) is 49.3 Å². The second kappa shape index (κ2) is 6.18. The van der Waals surface area contributed by atoms with Crippen LogP contribution in [0.25, 0.3) is 11.6 Å². The molecule has 0 aliphatic carbocycles. The van der Waals surface area contributed by atoms with Crippen LogP contribution in [-0.2, 0) is 19.1 Å². The molecule has 23 heavy (non-hydrogen) atoms. The van der Waals surface area contributed by atoms with Crippen LogP contribution in [0.2, 0.25) is 0 Å². The minimum atomic E-state index is -4.49. The number of aromatic nitrogens is 4. The lowest BCUT2D eigenvalue weighted by Crippen LogP contribution is -2.19. The number of nitrogens with zero attached hydrogens (tertiary/aromatic N) is 4. The summed E-state index contributed by atoms with van der Waals surface area (Å²) in [6.45, 7) is 4.27. The normalized spacial score (nSPS) is 16.4. The van der Waals surface area contributed by atoms with E-state index in [1.165, 1.54) is 4.57 Å². The van der Waals surface area contributed by atoms with Gasteiger partial charge in [-0.05, 0) is 31.9 Å². The summed E-state index contributed by atoms with van der Waals surface area (Å²) in [7, 11) is 0. The van der Waals surface area contributed by atoms with Crippen molar-refractivity contribution in [1.82, 2.24) is 19.7 Å². The van der Waals surface area contributed by atoms with Crippen LogP contribution in [0.3, 0.4) is 0 Å². The van der Waals surface area contributed by atoms with Gasteiger partial charge in [0.2, 0.25) is 5.82 Å². The number of halogens is 3. The van der Waals surface area contributed by atoms with Gasteiger partial charge in [-0.1, -0.05) is 12.1 Å². The lowest BCUT2D eigenvalue weighted by molar-refractivity contribution is -0.147. The summed E-state index contributed by atoms with van der Waals surface area (Å²) >= 11 is 1.64. The van der Waals surface area contributed by atoms with E-state index in [0.29, 0.717) is 30.9 Å². The Balaban J connectivity index is 2.02. The van der Waals surface area contributed by atoms with E-state index >= 15 is 0 Å². The molecule has 126 valence electrons. The second-order valence-corrected chi connectivity index (χ2v) is 7.01. The summed E-state index contributed by atoms with van der Waals surface area (Å²) in [5, 5.41) is 3.92. The number of fused-ring (bicyclic) bond motifs is 1. The third-order valence-electron chi connectivity index (χ3n) is 3.80. The van der Waals surface area contributed by atoms with Crippen molar-refractivity contribution in [3.63, 3.8) is 0 Å². The standard InChI is InChI=1S/C14H17F3N4OS/c1-3-23-8(2)11-19-12(22-20-11)10-9-6-4-5-7-21(9)13(18-10)14(15,16)17/h8H,3-7H2,1-2H3. The minimum Gasteiger partial charge on any atom is -0.332 e. The molecule has 0 radical (unpaired) electrons. The first-order valence-electron chi connectivity index (χ1n) is 7.54. The maximum Gasteiger partial charge on any atom is 0.449 e. The summed E-state index contributed by atoms with van der Waals surface area (Å²) in [6.07, 6.45) is -2.40. The van der Waals surface area contributed by atoms with Crippen molar-refractivity contribution >= 4 is 11.8 Å². The molecule has 0 fully saturated rings. The molecule has 1 aliphatic rings. The molecule has 0 N–H and O–H groups in total. The number of hydrogen-bond donors (Lipinski definition) is 0. The van der Waals surface area contributed by atoms with E-state index in [-0.39, 0.29) is 16.8 Å². The van der Waals surface area contributed by atoms with Crippen LogP contribution in [0, 0.1) is 0 Å². The summed E-state index contributed by atoms with van der Waals surface area (Å²) in [6, 6.07) is 0. The zero-order valence-corrected chi connectivity index (χ0v) is 13.7. The Labute approximate surface area is 135 Å². The van der Waals surface area contributed by atoms with Gasteiger partial charge in [0.25, 0.3) is 5.89 Å². The average molecular weight is 346 g/mol. The molecular formula is C14H17F3N4OS. The van der Waals surface area contributed by atoms with Gasteiger partial charge >= 0.3 is 6.18 Å². The van der Waals surface area contributed by atoms with E-state index in [1.54, 1.807) is 11.8 Å². The highest BCUT2D eigenvalue weighted by Crippen LogP contribution is 2.36. The largest absolute Gasteiger partial charge is 0.449 e. The molecule has 2 aromatic heterocycles. The van der Waals surface area contributed by atoms with E-state index in [9.17, 15) is 13.2 Å². The van der Waals surface area contributed by atoms with Gasteiger partial charge in [0.1, 0.15) is 0 Å². The first-order valence-corrected chi connectivity index (χ1v) is 8.58. The van der Waals surface area contributed by atoms with Gasteiger partial charge < -0.3 is 9.09 Å². The van der Waals surface area contributed by atoms with Crippen molar-refractivity contribution in [2.24, 2.45) is 0 Å². The molecule has 5 nitrogen and oxygen atoms in total. The van der Waals surface area contributed by atoms with Crippen LogP contribution in [0.5, 0.6) is 0 Å². The van der Waals surface area contributed by atoms with E-state index in [2.05, 4.69) is 15.1 Å². The van der Waals surface area contributed by atoms with Crippen LogP contribution < -0.4 is 0 Å². The number of rotatable bonds is 4. The van der Waals surface area contributed by atoms with Gasteiger partial charge in [-0.2, -0.15) is 29.9 Å². The number of imidazole rings is 1. The Kier molecular flexibility index (Phi) is 4.39. The van der Waals surface area contributed by atoms with Gasteiger partial charge in [-0.25, -0.2) is 4.98 Å². The Bertz CT molecular complexity index is 695. The molecule has 0 saturated carbocycles. The fourth-order valence-electron chi connectivity index (χ4n) is 2.75. The molecule has 9 heteroatoms. The SMILES string of the molecule is CCSC(C)c1noc(-c2nc(C(F)(F)F)n3c2CCCC3)n1. The van der Waals surface area contributed by atoms with Gasteiger partial charge in [0.05, 0.1) is 10.9 Å². The van der Waals surface area contributed by atoms with Crippen molar-refractivity contribution in [2.45, 2.75) is 51.1 Å². The quantitative estimate of drug-likeness (QED) is 0.834. The predicted molar refractivity (Wildman–Crippen MR) is 80.0 cm³/mol. The smallest absolute Gasteiger partial charge is 0.332 e. The third-order valence-corrected chi connectivity index (χ3v) is 4.84. The molecule has 1 aliphatic heterocycles. The maximum absolute atomic E-state index is 13.2. The fraction of sp³-hybridized carbons (Fsp3) is 0.643. The van der Waals surface area contributed by atoms with Gasteiger partial charge in [0.15, 0.2) is 11.5 Å². The van der Waals surface area contributed by atoms with Crippen LogP contribution >= 0.6 is 11.8 Å². The molecule has 3 heterocycles. The molecule has 0 amide bonds. The fourth-order valence-corrected chi connectivity index (χ4v) is 3.50. The molecule has 0 saturated heterocycles. The first kappa shape index (κ1) is 16.4. The highest BCUT2D eigenvalue weighted by Gasteiger charge is 2.40. The van der Waals surface area contributed by atoms with Crippen LogP contribution in [-0.4, -0.2) is 25.4 Å². The van der Waals surface area contributed by atoms with Gasteiger partial charge in [0, 0.05) is 6.54 Å². The molecule has 3 rings (SSSR count). The minimum absolute atomic E-state index is 0.0260. The number of alkyl halides is 3. The third kappa shape index (κ3) is 3.11. The zero-order chi connectivity index (χ0) is 16.6. The van der Waals surface area contributed by atoms with Gasteiger partial charge in [-0.15, -0.1) is 0 Å². The highest BCUT2D eigenvalue weighted by atomic mass is 32.2. The summed E-state index contributed by atoms with van der Waals surface area (Å²) in [5.74, 6) is 0.573. The lowest BCUT2D eigenvalue weighted by Gasteiger charge is -2.17. The van der Waals surface area contributed by atoms with Crippen molar-refractivity contribution < 1.29 is 17.7 Å². The number of thioether (sulfide) groups is 1. The van der Waals surface area contributed by atoms with Crippen LogP contribution in [0.15, 0.2) is 4.52 Å². The van der Waals surface area contributed by atoms with Crippen molar-refractivity contribution in [3.05, 3.63) is 17.3 Å². The molecular weight excluding hydrogens is 329 g/mol. The topological polar surface area (TPSA) is 56.7 Å². The van der Waals surface area contributed by atoms with E-state index in [4.69, 9.17) is 4.52 Å².